The number of hydrogen-bond acceptors (Lipinski definition) is 3. The van der Waals surface area contributed by atoms with Gasteiger partial charge in [0.1, 0.15) is 5.75 Å². The molecule has 108 valence electrons. The summed E-state index contributed by atoms with van der Waals surface area (Å²) in [7, 11) is 0. The lowest BCUT2D eigenvalue weighted by Gasteiger charge is -2.08. The maximum Gasteiger partial charge on any atom is 0.189 e. The van der Waals surface area contributed by atoms with Crippen LogP contribution in [0.3, 0.4) is 0 Å². The van der Waals surface area contributed by atoms with Crippen molar-refractivity contribution in [3.8, 4) is 17.6 Å². The van der Waals surface area contributed by atoms with Crippen molar-refractivity contribution in [3.63, 3.8) is 0 Å². The van der Waals surface area contributed by atoms with Crippen molar-refractivity contribution in [1.29, 1.82) is 0 Å². The van der Waals surface area contributed by atoms with Gasteiger partial charge in [-0.25, -0.2) is 0 Å². The summed E-state index contributed by atoms with van der Waals surface area (Å²) in [5, 5.41) is 2.28. The van der Waals surface area contributed by atoms with Crippen molar-refractivity contribution >= 4 is 10.8 Å². The first-order valence-electron chi connectivity index (χ1n) is 7.28. The predicted octanol–water partition coefficient (Wildman–Crippen LogP) is 2.91. The summed E-state index contributed by atoms with van der Waals surface area (Å²) in [6.45, 7) is 1.52. The smallest absolute Gasteiger partial charge is 0.189 e. The van der Waals surface area contributed by atoms with Crippen LogP contribution in [-0.4, -0.2) is 19.9 Å². The van der Waals surface area contributed by atoms with Gasteiger partial charge in [0.2, 0.25) is 0 Å². The van der Waals surface area contributed by atoms with Crippen LogP contribution in [0.1, 0.15) is 18.4 Å². The lowest BCUT2D eigenvalue weighted by Crippen LogP contribution is -2.04. The van der Waals surface area contributed by atoms with Crippen molar-refractivity contribution < 1.29 is 9.47 Å². The average molecular weight is 281 g/mol. The molecule has 0 unspecified atom stereocenters. The van der Waals surface area contributed by atoms with Gasteiger partial charge in [-0.15, -0.1) is 0 Å². The van der Waals surface area contributed by atoms with Crippen molar-refractivity contribution in [3.05, 3.63) is 42.0 Å². The second-order valence-electron chi connectivity index (χ2n) is 5.31. The van der Waals surface area contributed by atoms with Gasteiger partial charge in [0, 0.05) is 5.56 Å². The second kappa shape index (κ2) is 6.62. The molecule has 0 bridgehead atoms. The molecule has 0 saturated heterocycles. The third kappa shape index (κ3) is 3.98. The molecule has 2 aromatic rings. The third-order valence-corrected chi connectivity index (χ3v) is 3.51. The molecule has 3 rings (SSSR count). The number of fused-ring (bicyclic) bond motifs is 1. The van der Waals surface area contributed by atoms with Crippen LogP contribution >= 0.6 is 0 Å². The average Bonchev–Trinajstić information content (AvgIpc) is 3.33. The highest BCUT2D eigenvalue weighted by Crippen LogP contribution is 2.29. The SMILES string of the molecule is NCC#Cc1ccc2cc(OCOCC3CC3)ccc2c1. The zero-order valence-electron chi connectivity index (χ0n) is 12.0. The van der Waals surface area contributed by atoms with E-state index in [4.69, 9.17) is 15.2 Å². The minimum atomic E-state index is 0.321. The molecular weight excluding hydrogens is 262 g/mol. The normalized spacial score (nSPS) is 13.8. The number of ether oxygens (including phenoxy) is 2. The standard InChI is InChI=1S/C18H19NO2/c19-9-1-2-14-5-6-17-11-18(8-7-16(17)10-14)21-13-20-12-15-3-4-15/h5-8,10-11,15H,3-4,9,12-13,19H2. The Labute approximate surface area is 125 Å². The van der Waals surface area contributed by atoms with Gasteiger partial charge < -0.3 is 15.2 Å². The first kappa shape index (κ1) is 13.9. The van der Waals surface area contributed by atoms with Crippen molar-refractivity contribution in [2.45, 2.75) is 12.8 Å². The Morgan fingerprint density at radius 3 is 2.71 bits per heavy atom. The van der Waals surface area contributed by atoms with Gasteiger partial charge in [-0.05, 0) is 53.8 Å². The Bertz CT molecular complexity index is 680. The van der Waals surface area contributed by atoms with E-state index in [2.05, 4.69) is 17.9 Å². The molecule has 1 aliphatic carbocycles. The minimum absolute atomic E-state index is 0.321. The van der Waals surface area contributed by atoms with Gasteiger partial charge in [-0.2, -0.15) is 0 Å². The van der Waals surface area contributed by atoms with Crippen molar-refractivity contribution in [1.82, 2.24) is 0 Å². The lowest BCUT2D eigenvalue weighted by atomic mass is 10.1. The van der Waals surface area contributed by atoms with E-state index in [0.717, 1.165) is 34.6 Å². The van der Waals surface area contributed by atoms with Gasteiger partial charge in [-0.3, -0.25) is 0 Å². The van der Waals surface area contributed by atoms with Gasteiger partial charge in [0.15, 0.2) is 6.79 Å². The van der Waals surface area contributed by atoms with Crippen LogP contribution < -0.4 is 10.5 Å². The monoisotopic (exact) mass is 281 g/mol. The van der Waals surface area contributed by atoms with Crippen molar-refractivity contribution in [2.75, 3.05) is 19.9 Å². The Morgan fingerprint density at radius 1 is 1.10 bits per heavy atom. The molecule has 1 fully saturated rings. The van der Waals surface area contributed by atoms with Crippen LogP contribution in [0.15, 0.2) is 36.4 Å². The van der Waals surface area contributed by atoms with E-state index >= 15 is 0 Å². The third-order valence-electron chi connectivity index (χ3n) is 3.51. The fraction of sp³-hybridized carbons (Fsp3) is 0.333. The highest BCUT2D eigenvalue weighted by molar-refractivity contribution is 5.85. The fourth-order valence-electron chi connectivity index (χ4n) is 2.15. The molecule has 0 radical (unpaired) electrons. The zero-order chi connectivity index (χ0) is 14.5. The van der Waals surface area contributed by atoms with E-state index in [9.17, 15) is 0 Å². The molecule has 3 nitrogen and oxygen atoms in total. The maximum absolute atomic E-state index is 5.62. The summed E-state index contributed by atoms with van der Waals surface area (Å²) in [6.07, 6.45) is 2.59. The number of nitrogens with two attached hydrogens (primary N) is 1. The predicted molar refractivity (Wildman–Crippen MR) is 84.1 cm³/mol. The van der Waals surface area contributed by atoms with Crippen LogP contribution in [-0.2, 0) is 4.74 Å². The van der Waals surface area contributed by atoms with E-state index in [1.54, 1.807) is 0 Å². The van der Waals surface area contributed by atoms with Gasteiger partial charge >= 0.3 is 0 Å². The van der Waals surface area contributed by atoms with E-state index in [-0.39, 0.29) is 0 Å². The molecule has 0 spiro atoms. The van der Waals surface area contributed by atoms with E-state index in [1.165, 1.54) is 12.8 Å². The van der Waals surface area contributed by atoms with Crippen molar-refractivity contribution in [2.24, 2.45) is 11.7 Å². The van der Waals surface area contributed by atoms with Gasteiger partial charge in [0.25, 0.3) is 0 Å². The quantitative estimate of drug-likeness (QED) is 0.520. The van der Waals surface area contributed by atoms with Gasteiger partial charge in [-0.1, -0.05) is 24.0 Å². The van der Waals surface area contributed by atoms with E-state index < -0.39 is 0 Å². The molecule has 2 N–H and O–H groups in total. The molecule has 2 aromatic carbocycles. The molecule has 0 aliphatic heterocycles. The maximum atomic E-state index is 5.62. The van der Waals surface area contributed by atoms with Crippen LogP contribution in [0.25, 0.3) is 10.8 Å². The Morgan fingerprint density at radius 2 is 1.90 bits per heavy atom. The topological polar surface area (TPSA) is 44.5 Å². The molecule has 1 saturated carbocycles. The highest BCUT2D eigenvalue weighted by Gasteiger charge is 2.21. The molecule has 0 heterocycles. The molecule has 21 heavy (non-hydrogen) atoms. The Hall–Kier alpha value is -2.02. The highest BCUT2D eigenvalue weighted by atomic mass is 16.7. The molecule has 3 heteroatoms. The van der Waals surface area contributed by atoms with Crippen LogP contribution in [0.4, 0.5) is 0 Å². The summed E-state index contributed by atoms with van der Waals surface area (Å²) in [5.74, 6) is 7.50. The molecule has 0 aromatic heterocycles. The Balaban J connectivity index is 1.64. The minimum Gasteiger partial charge on any atom is -0.468 e. The lowest BCUT2D eigenvalue weighted by molar-refractivity contribution is 0.0101. The number of hydrogen-bond donors (Lipinski definition) is 1. The summed E-state index contributed by atoms with van der Waals surface area (Å²) in [6, 6.07) is 12.1. The fourth-order valence-corrected chi connectivity index (χ4v) is 2.15. The van der Waals surface area contributed by atoms with Crippen LogP contribution in [0.2, 0.25) is 0 Å². The first-order chi connectivity index (χ1) is 10.3. The summed E-state index contributed by atoms with van der Waals surface area (Å²) >= 11 is 0. The van der Waals surface area contributed by atoms with Gasteiger partial charge in [0.05, 0.1) is 13.2 Å². The van der Waals surface area contributed by atoms with Crippen LogP contribution in [0.5, 0.6) is 5.75 Å². The van der Waals surface area contributed by atoms with E-state index in [0.29, 0.717) is 13.3 Å². The molecule has 0 atom stereocenters. The molecule has 1 aliphatic rings. The second-order valence-corrected chi connectivity index (χ2v) is 5.31. The molecule has 0 amide bonds. The zero-order valence-corrected chi connectivity index (χ0v) is 12.0. The molecular formula is C18H19NO2. The Kier molecular flexibility index (Phi) is 4.40. The summed E-state index contributed by atoms with van der Waals surface area (Å²) < 4.78 is 11.1. The van der Waals surface area contributed by atoms with Crippen LogP contribution in [0, 0.1) is 17.8 Å². The summed E-state index contributed by atoms with van der Waals surface area (Å²) in [4.78, 5) is 0. The summed E-state index contributed by atoms with van der Waals surface area (Å²) in [5.41, 5.74) is 6.37. The van der Waals surface area contributed by atoms with E-state index in [1.807, 2.05) is 30.3 Å². The largest absolute Gasteiger partial charge is 0.468 e. The first-order valence-corrected chi connectivity index (χ1v) is 7.28. The number of rotatable bonds is 5. The number of benzene rings is 2.